The molecule has 6 nitrogen and oxygen atoms in total. The summed E-state index contributed by atoms with van der Waals surface area (Å²) in [5, 5.41) is 4.49. The Labute approximate surface area is 151 Å². The highest BCUT2D eigenvalue weighted by Gasteiger charge is 2.34. The topological polar surface area (TPSA) is 73.2 Å². The predicted octanol–water partition coefficient (Wildman–Crippen LogP) is 2.65. The molecule has 1 N–H and O–H groups in total. The number of halogens is 2. The van der Waals surface area contributed by atoms with Crippen molar-refractivity contribution in [3.8, 4) is 0 Å². The fraction of sp³-hybridized carbons (Fsp3) is 0.438. The molecule has 1 saturated heterocycles. The summed E-state index contributed by atoms with van der Waals surface area (Å²) >= 11 is 5.82. The molecular formula is C16H19ClFN3O3S. The minimum atomic E-state index is -3.75. The van der Waals surface area contributed by atoms with Gasteiger partial charge < -0.3 is 4.74 Å². The second-order valence-corrected chi connectivity index (χ2v) is 8.12. The Morgan fingerprint density at radius 2 is 2.28 bits per heavy atom. The van der Waals surface area contributed by atoms with Gasteiger partial charge in [-0.25, -0.2) is 17.5 Å². The number of hydrogen-bond acceptors (Lipinski definition) is 4. The van der Waals surface area contributed by atoms with Crippen molar-refractivity contribution in [1.29, 1.82) is 0 Å². The van der Waals surface area contributed by atoms with Crippen LogP contribution in [-0.2, 0) is 27.1 Å². The van der Waals surface area contributed by atoms with Gasteiger partial charge in [0.25, 0.3) is 0 Å². The molecule has 1 aliphatic rings. The van der Waals surface area contributed by atoms with Crippen LogP contribution in [0, 0.1) is 5.82 Å². The number of rotatable bonds is 6. The number of benzene rings is 1. The summed E-state index contributed by atoms with van der Waals surface area (Å²) in [6.45, 7) is 3.13. The van der Waals surface area contributed by atoms with E-state index in [9.17, 15) is 12.8 Å². The highest BCUT2D eigenvalue weighted by molar-refractivity contribution is 7.88. The van der Waals surface area contributed by atoms with E-state index >= 15 is 0 Å². The lowest BCUT2D eigenvalue weighted by Gasteiger charge is -2.19. The first-order valence-corrected chi connectivity index (χ1v) is 9.99. The molecule has 136 valence electrons. The maximum Gasteiger partial charge on any atom is 0.216 e. The van der Waals surface area contributed by atoms with Gasteiger partial charge in [-0.1, -0.05) is 11.6 Å². The van der Waals surface area contributed by atoms with E-state index in [0.29, 0.717) is 18.1 Å². The molecule has 1 aromatic heterocycles. The average molecular weight is 388 g/mol. The Kier molecular flexibility index (Phi) is 5.43. The smallest absolute Gasteiger partial charge is 0.216 e. The van der Waals surface area contributed by atoms with E-state index in [0.717, 1.165) is 18.2 Å². The number of nitrogens with zero attached hydrogens (tertiary/aromatic N) is 2. The second kappa shape index (κ2) is 7.41. The molecule has 0 spiro atoms. The van der Waals surface area contributed by atoms with E-state index in [4.69, 9.17) is 16.3 Å². The van der Waals surface area contributed by atoms with Crippen LogP contribution >= 0.6 is 11.6 Å². The van der Waals surface area contributed by atoms with Crippen LogP contribution in [0.15, 0.2) is 30.6 Å². The van der Waals surface area contributed by atoms with Gasteiger partial charge >= 0.3 is 0 Å². The number of nitrogens with one attached hydrogen (secondary N) is 1. The van der Waals surface area contributed by atoms with Crippen LogP contribution in [0.25, 0.3) is 0 Å². The molecule has 2 atom stereocenters. The molecule has 2 aromatic rings. The molecule has 0 unspecified atom stereocenters. The van der Waals surface area contributed by atoms with Crippen molar-refractivity contribution in [1.82, 2.24) is 14.5 Å². The standard InChI is InChI=1S/C16H19ClFN3O3S/c1-2-21-9-12(8-19-21)16-15(5-6-24-16)20-25(22,23)10-11-7-13(17)3-4-14(11)18/h3-4,7-9,15-16,20H,2,5-6,10H2,1H3/t15-,16+/m0/s1. The normalized spacial score (nSPS) is 20.9. The van der Waals surface area contributed by atoms with Crippen molar-refractivity contribution >= 4 is 21.6 Å². The molecule has 0 saturated carbocycles. The van der Waals surface area contributed by atoms with Gasteiger partial charge in [-0.3, -0.25) is 4.68 Å². The van der Waals surface area contributed by atoms with E-state index in [1.165, 1.54) is 12.1 Å². The molecule has 1 fully saturated rings. The average Bonchev–Trinajstić information content (AvgIpc) is 3.18. The van der Waals surface area contributed by atoms with Crippen LogP contribution in [0.5, 0.6) is 0 Å². The zero-order valence-corrected chi connectivity index (χ0v) is 15.2. The van der Waals surface area contributed by atoms with Crippen LogP contribution in [0.4, 0.5) is 4.39 Å². The minimum absolute atomic E-state index is 0.0364. The van der Waals surface area contributed by atoms with E-state index in [1.807, 2.05) is 13.1 Å². The number of hydrogen-bond donors (Lipinski definition) is 1. The first-order chi connectivity index (χ1) is 11.9. The molecule has 0 bridgehead atoms. The summed E-state index contributed by atoms with van der Waals surface area (Å²) in [6.07, 6.45) is 3.66. The summed E-state index contributed by atoms with van der Waals surface area (Å²) in [7, 11) is -3.75. The van der Waals surface area contributed by atoms with Gasteiger partial charge in [-0.15, -0.1) is 0 Å². The molecule has 3 rings (SSSR count). The van der Waals surface area contributed by atoms with Crippen molar-refractivity contribution in [2.24, 2.45) is 0 Å². The summed E-state index contributed by atoms with van der Waals surface area (Å²) in [4.78, 5) is 0. The Balaban J connectivity index is 1.74. The van der Waals surface area contributed by atoms with Gasteiger partial charge in [-0.2, -0.15) is 5.10 Å². The van der Waals surface area contributed by atoms with Crippen LogP contribution in [-0.4, -0.2) is 30.8 Å². The first kappa shape index (κ1) is 18.3. The molecule has 25 heavy (non-hydrogen) atoms. The lowest BCUT2D eigenvalue weighted by Crippen LogP contribution is -2.37. The number of aromatic nitrogens is 2. The van der Waals surface area contributed by atoms with Crippen molar-refractivity contribution in [2.45, 2.75) is 37.8 Å². The summed E-state index contributed by atoms with van der Waals surface area (Å²) in [5.74, 6) is -1.07. The van der Waals surface area contributed by atoms with Crippen molar-refractivity contribution in [3.05, 3.63) is 52.6 Å². The largest absolute Gasteiger partial charge is 0.372 e. The fourth-order valence-electron chi connectivity index (χ4n) is 2.87. The van der Waals surface area contributed by atoms with Gasteiger partial charge in [0.15, 0.2) is 0 Å². The first-order valence-electron chi connectivity index (χ1n) is 7.96. The van der Waals surface area contributed by atoms with E-state index in [2.05, 4.69) is 9.82 Å². The zero-order chi connectivity index (χ0) is 18.0. The SMILES string of the molecule is CCn1cc([C@H]2OCC[C@@H]2NS(=O)(=O)Cc2cc(Cl)ccc2F)cn1. The minimum Gasteiger partial charge on any atom is -0.372 e. The van der Waals surface area contributed by atoms with Gasteiger partial charge in [0, 0.05) is 35.5 Å². The van der Waals surface area contributed by atoms with Crippen molar-refractivity contribution < 1.29 is 17.5 Å². The van der Waals surface area contributed by atoms with E-state index in [-0.39, 0.29) is 5.56 Å². The molecular weight excluding hydrogens is 369 g/mol. The quantitative estimate of drug-likeness (QED) is 0.827. The number of aryl methyl sites for hydroxylation is 1. The monoisotopic (exact) mass is 387 g/mol. The number of ether oxygens (including phenoxy) is 1. The van der Waals surface area contributed by atoms with Gasteiger partial charge in [0.2, 0.25) is 10.0 Å². The number of sulfonamides is 1. The maximum atomic E-state index is 13.8. The fourth-order valence-corrected chi connectivity index (χ4v) is 4.48. The summed E-state index contributed by atoms with van der Waals surface area (Å²) < 4.78 is 48.8. The van der Waals surface area contributed by atoms with E-state index in [1.54, 1.807) is 10.9 Å². The van der Waals surface area contributed by atoms with Crippen molar-refractivity contribution in [3.63, 3.8) is 0 Å². The molecule has 1 aromatic carbocycles. The lowest BCUT2D eigenvalue weighted by molar-refractivity contribution is 0.102. The Morgan fingerprint density at radius 1 is 1.48 bits per heavy atom. The Bertz CT molecular complexity index is 856. The predicted molar refractivity (Wildman–Crippen MR) is 92.2 cm³/mol. The lowest BCUT2D eigenvalue weighted by atomic mass is 10.1. The molecule has 9 heteroatoms. The molecule has 0 radical (unpaired) electrons. The maximum absolute atomic E-state index is 13.8. The highest BCUT2D eigenvalue weighted by Crippen LogP contribution is 2.30. The molecule has 1 aliphatic heterocycles. The third-order valence-corrected chi connectivity index (χ3v) is 5.67. The van der Waals surface area contributed by atoms with E-state index < -0.39 is 33.7 Å². The zero-order valence-electron chi connectivity index (χ0n) is 13.7. The van der Waals surface area contributed by atoms with Crippen LogP contribution in [0.2, 0.25) is 5.02 Å². The Hall–Kier alpha value is -1.48. The summed E-state index contributed by atoms with van der Waals surface area (Å²) in [6, 6.07) is 3.45. The van der Waals surface area contributed by atoms with Gasteiger partial charge in [-0.05, 0) is 31.5 Å². The molecule has 0 aliphatic carbocycles. The Morgan fingerprint density at radius 3 is 3.00 bits per heavy atom. The highest BCUT2D eigenvalue weighted by atomic mass is 35.5. The van der Waals surface area contributed by atoms with Crippen molar-refractivity contribution in [2.75, 3.05) is 6.61 Å². The van der Waals surface area contributed by atoms with Crippen LogP contribution in [0.1, 0.15) is 30.6 Å². The third kappa shape index (κ3) is 4.38. The van der Waals surface area contributed by atoms with Crippen LogP contribution < -0.4 is 4.72 Å². The summed E-state index contributed by atoms with van der Waals surface area (Å²) in [5.41, 5.74) is 0.857. The van der Waals surface area contributed by atoms with Gasteiger partial charge in [0.1, 0.15) is 11.9 Å². The molecule has 0 amide bonds. The third-order valence-electron chi connectivity index (χ3n) is 4.08. The van der Waals surface area contributed by atoms with Gasteiger partial charge in [0.05, 0.1) is 18.0 Å². The second-order valence-electron chi connectivity index (χ2n) is 5.93. The van der Waals surface area contributed by atoms with Crippen LogP contribution in [0.3, 0.4) is 0 Å². The molecule has 2 heterocycles.